The molecule has 108 valence electrons. The Labute approximate surface area is 118 Å². The predicted octanol–water partition coefficient (Wildman–Crippen LogP) is 2.55. The molecule has 5 heteroatoms. The van der Waals surface area contributed by atoms with Crippen molar-refractivity contribution in [3.05, 3.63) is 39.4 Å². The number of hydrogen-bond acceptors (Lipinski definition) is 4. The summed E-state index contributed by atoms with van der Waals surface area (Å²) < 4.78 is 5.55. The molecule has 0 radical (unpaired) electrons. The molecule has 1 heterocycles. The van der Waals surface area contributed by atoms with Crippen molar-refractivity contribution < 1.29 is 14.5 Å². The van der Waals surface area contributed by atoms with E-state index in [0.717, 1.165) is 17.4 Å². The molecular formula is C15H19NO4. The van der Waals surface area contributed by atoms with E-state index < -0.39 is 11.8 Å². The number of ether oxygens (including phenoxy) is 1. The van der Waals surface area contributed by atoms with Crippen molar-refractivity contribution in [1.29, 1.82) is 0 Å². The van der Waals surface area contributed by atoms with Crippen molar-refractivity contribution in [2.24, 2.45) is 5.92 Å². The summed E-state index contributed by atoms with van der Waals surface area (Å²) in [5.41, 5.74) is 1.81. The maximum Gasteiger partial charge on any atom is 0.211 e. The molecule has 0 N–H and O–H groups in total. The van der Waals surface area contributed by atoms with Crippen molar-refractivity contribution in [3.63, 3.8) is 0 Å². The lowest BCUT2D eigenvalue weighted by Gasteiger charge is -2.30. The summed E-state index contributed by atoms with van der Waals surface area (Å²) in [4.78, 5) is 21.6. The van der Waals surface area contributed by atoms with Gasteiger partial charge in [-0.3, -0.25) is 10.1 Å². The summed E-state index contributed by atoms with van der Waals surface area (Å²) in [7, 11) is 0. The highest BCUT2D eigenvalue weighted by Gasteiger charge is 2.35. The second-order valence-corrected chi connectivity index (χ2v) is 6.24. The van der Waals surface area contributed by atoms with Gasteiger partial charge >= 0.3 is 0 Å². The molecule has 0 aliphatic carbocycles. The van der Waals surface area contributed by atoms with Crippen molar-refractivity contribution in [3.8, 4) is 5.75 Å². The van der Waals surface area contributed by atoms with Crippen molar-refractivity contribution in [2.45, 2.75) is 32.1 Å². The van der Waals surface area contributed by atoms with Gasteiger partial charge in [0.1, 0.15) is 12.0 Å². The van der Waals surface area contributed by atoms with Crippen LogP contribution in [-0.4, -0.2) is 24.4 Å². The highest BCUT2D eigenvalue weighted by atomic mass is 16.6. The Morgan fingerprint density at radius 1 is 1.45 bits per heavy atom. The van der Waals surface area contributed by atoms with Crippen LogP contribution in [0.1, 0.15) is 37.8 Å². The molecule has 5 nitrogen and oxygen atoms in total. The molecule has 0 amide bonds. The van der Waals surface area contributed by atoms with Gasteiger partial charge in [-0.05, 0) is 17.0 Å². The van der Waals surface area contributed by atoms with Gasteiger partial charge in [-0.15, -0.1) is 0 Å². The summed E-state index contributed by atoms with van der Waals surface area (Å²) in [5, 5.41) is 10.9. The topological polar surface area (TPSA) is 69.4 Å². The predicted molar refractivity (Wildman–Crippen MR) is 74.8 cm³/mol. The van der Waals surface area contributed by atoms with Crippen LogP contribution >= 0.6 is 0 Å². The van der Waals surface area contributed by atoms with E-state index in [1.807, 2.05) is 18.2 Å². The summed E-state index contributed by atoms with van der Waals surface area (Å²) in [6.07, 6.45) is 0.765. The quantitative estimate of drug-likeness (QED) is 0.483. The normalized spacial score (nSPS) is 21.8. The van der Waals surface area contributed by atoms with Crippen molar-refractivity contribution >= 4 is 6.29 Å². The minimum absolute atomic E-state index is 0.0533. The average Bonchev–Trinajstić information content (AvgIpc) is 2.37. The monoisotopic (exact) mass is 277 g/mol. The van der Waals surface area contributed by atoms with Crippen LogP contribution in [0.5, 0.6) is 5.75 Å². The minimum atomic E-state index is -0.455. The van der Waals surface area contributed by atoms with Crippen LogP contribution in [-0.2, 0) is 10.2 Å². The van der Waals surface area contributed by atoms with Gasteiger partial charge in [-0.25, -0.2) is 0 Å². The lowest BCUT2D eigenvalue weighted by Crippen LogP contribution is -2.32. The van der Waals surface area contributed by atoms with Crippen molar-refractivity contribution in [1.82, 2.24) is 0 Å². The number of benzene rings is 1. The Morgan fingerprint density at radius 3 is 2.70 bits per heavy atom. The molecule has 0 saturated carbocycles. The zero-order valence-corrected chi connectivity index (χ0v) is 12.0. The summed E-state index contributed by atoms with van der Waals surface area (Å²) >= 11 is 0. The molecule has 0 fully saturated rings. The Kier molecular flexibility index (Phi) is 3.79. The van der Waals surface area contributed by atoms with Gasteiger partial charge in [0.2, 0.25) is 6.54 Å². The van der Waals surface area contributed by atoms with Crippen LogP contribution < -0.4 is 4.74 Å². The van der Waals surface area contributed by atoms with Crippen LogP contribution in [0.3, 0.4) is 0 Å². The second-order valence-electron chi connectivity index (χ2n) is 6.24. The fourth-order valence-corrected chi connectivity index (χ4v) is 2.50. The highest BCUT2D eigenvalue weighted by Crippen LogP contribution is 2.39. The molecule has 20 heavy (non-hydrogen) atoms. The van der Waals surface area contributed by atoms with Crippen LogP contribution in [0.2, 0.25) is 0 Å². The van der Waals surface area contributed by atoms with E-state index in [1.54, 1.807) is 0 Å². The molecular weight excluding hydrogens is 258 g/mol. The van der Waals surface area contributed by atoms with Gasteiger partial charge in [0.25, 0.3) is 0 Å². The molecule has 0 aromatic heterocycles. The Bertz CT molecular complexity index is 533. The molecule has 0 unspecified atom stereocenters. The van der Waals surface area contributed by atoms with Gasteiger partial charge in [-0.1, -0.05) is 32.9 Å². The number of hydrogen-bond donors (Lipinski definition) is 0. The molecule has 2 rings (SSSR count). The highest BCUT2D eigenvalue weighted by molar-refractivity contribution is 5.59. The first-order valence-corrected chi connectivity index (χ1v) is 6.67. The molecule has 1 aromatic rings. The summed E-state index contributed by atoms with van der Waals surface area (Å²) in [6, 6.07) is 5.77. The van der Waals surface area contributed by atoms with Crippen LogP contribution in [0, 0.1) is 16.0 Å². The minimum Gasteiger partial charge on any atom is -0.493 e. The van der Waals surface area contributed by atoms with E-state index in [2.05, 4.69) is 20.8 Å². The third kappa shape index (κ3) is 2.81. The van der Waals surface area contributed by atoms with E-state index in [-0.39, 0.29) is 23.5 Å². The van der Waals surface area contributed by atoms with Gasteiger partial charge < -0.3 is 9.53 Å². The third-order valence-corrected chi connectivity index (χ3v) is 3.74. The van der Waals surface area contributed by atoms with Gasteiger partial charge in [-0.2, -0.15) is 0 Å². The Hall–Kier alpha value is -1.91. The zero-order valence-electron chi connectivity index (χ0n) is 12.0. The number of nitrogens with zero attached hydrogens (tertiary/aromatic N) is 1. The third-order valence-electron chi connectivity index (χ3n) is 3.74. The fourth-order valence-electron chi connectivity index (χ4n) is 2.50. The molecule has 1 aromatic carbocycles. The molecule has 0 spiro atoms. The Balaban J connectivity index is 2.47. The van der Waals surface area contributed by atoms with E-state index in [1.165, 1.54) is 0 Å². The van der Waals surface area contributed by atoms with Crippen LogP contribution in [0.25, 0.3) is 0 Å². The largest absolute Gasteiger partial charge is 0.493 e. The standard InChI is InChI=1S/C15H19NO4/c1-15(2,3)11-4-5-14-12(6-11)13(7-16(18)19)10(8-17)9-20-14/h4-6,8,10,13H,7,9H2,1-3H3/t10-,13+/m0/s1. The lowest BCUT2D eigenvalue weighted by atomic mass is 9.80. The molecule has 1 aliphatic rings. The van der Waals surface area contributed by atoms with Crippen LogP contribution in [0.4, 0.5) is 0 Å². The van der Waals surface area contributed by atoms with E-state index in [0.29, 0.717) is 5.75 Å². The van der Waals surface area contributed by atoms with Gasteiger partial charge in [0.05, 0.1) is 18.4 Å². The first kappa shape index (κ1) is 14.5. The number of fused-ring (bicyclic) bond motifs is 1. The smallest absolute Gasteiger partial charge is 0.211 e. The molecule has 1 aliphatic heterocycles. The fraction of sp³-hybridized carbons (Fsp3) is 0.533. The second kappa shape index (κ2) is 5.23. The number of carbonyl (C=O) groups is 1. The first-order valence-electron chi connectivity index (χ1n) is 6.67. The Morgan fingerprint density at radius 2 is 2.15 bits per heavy atom. The van der Waals surface area contributed by atoms with E-state index in [9.17, 15) is 14.9 Å². The number of carbonyl (C=O) groups excluding carboxylic acids is 1. The zero-order chi connectivity index (χ0) is 14.9. The number of rotatable bonds is 3. The number of aldehydes is 1. The summed E-state index contributed by atoms with van der Waals surface area (Å²) in [6.45, 7) is 6.21. The number of nitro groups is 1. The van der Waals surface area contributed by atoms with Crippen LogP contribution in [0.15, 0.2) is 18.2 Å². The molecule has 2 atom stereocenters. The average molecular weight is 277 g/mol. The molecule has 0 bridgehead atoms. The van der Waals surface area contributed by atoms with E-state index >= 15 is 0 Å². The van der Waals surface area contributed by atoms with Gasteiger partial charge in [0.15, 0.2) is 0 Å². The first-order chi connectivity index (χ1) is 9.32. The summed E-state index contributed by atoms with van der Waals surface area (Å²) in [5.74, 6) is -0.209. The molecule has 0 saturated heterocycles. The van der Waals surface area contributed by atoms with Crippen molar-refractivity contribution in [2.75, 3.05) is 13.2 Å². The van der Waals surface area contributed by atoms with Gasteiger partial charge in [0, 0.05) is 10.5 Å². The SMILES string of the molecule is CC(C)(C)c1ccc2c(c1)[C@H](C[N+](=O)[O-])[C@@H](C=O)CO2. The van der Waals surface area contributed by atoms with E-state index in [4.69, 9.17) is 4.74 Å². The maximum absolute atomic E-state index is 11.1. The lowest BCUT2D eigenvalue weighted by molar-refractivity contribution is -0.484. The maximum atomic E-state index is 11.1.